The molecule has 1 rings (SSSR count). The van der Waals surface area contributed by atoms with Gasteiger partial charge in [-0.1, -0.05) is 6.58 Å². The quantitative estimate of drug-likeness (QED) is 0.228. The van der Waals surface area contributed by atoms with E-state index in [1.807, 2.05) is 0 Å². The summed E-state index contributed by atoms with van der Waals surface area (Å²) in [5.74, 6) is -0.738. The van der Waals surface area contributed by atoms with Crippen LogP contribution in [0.4, 0.5) is 4.79 Å². The number of carbonyl (C=O) groups excluding carboxylic acids is 2. The summed E-state index contributed by atoms with van der Waals surface area (Å²) < 4.78 is 15.1. The normalized spacial score (nSPS) is 19.6. The highest BCUT2D eigenvalue weighted by Crippen LogP contribution is 2.38. The molecule has 0 bridgehead atoms. The average Bonchev–Trinajstić information content (AvgIpc) is 2.35. The number of amides is 1. The van der Waals surface area contributed by atoms with Gasteiger partial charge in [-0.3, -0.25) is 0 Å². The van der Waals surface area contributed by atoms with Crippen LogP contribution in [0.2, 0.25) is 5.82 Å². The van der Waals surface area contributed by atoms with Gasteiger partial charge in [0.05, 0.1) is 13.7 Å². The van der Waals surface area contributed by atoms with Gasteiger partial charge in [0, 0.05) is 11.4 Å². The third kappa shape index (κ3) is 4.85. The van der Waals surface area contributed by atoms with Gasteiger partial charge in [0.2, 0.25) is 0 Å². The Morgan fingerprint density at radius 3 is 2.60 bits per heavy atom. The highest BCUT2D eigenvalue weighted by atomic mass is 127. The summed E-state index contributed by atoms with van der Waals surface area (Å²) in [5.41, 5.74) is -0.294. The fourth-order valence-electron chi connectivity index (χ4n) is 1.42. The molecule has 0 aromatic heterocycles. The minimum absolute atomic E-state index is 0.0436. The number of halogens is 1. The number of nitrogens with zero attached hydrogens (tertiary/aromatic N) is 1. The Hall–Kier alpha value is -0.415. The summed E-state index contributed by atoms with van der Waals surface area (Å²) in [4.78, 5) is 23.5. The second kappa shape index (κ2) is 7.03. The van der Waals surface area contributed by atoms with Crippen molar-refractivity contribution in [1.82, 2.24) is 5.06 Å². The molecular formula is C11H17BINO5S. The summed E-state index contributed by atoms with van der Waals surface area (Å²) in [7, 11) is 1.30. The van der Waals surface area contributed by atoms with Crippen LogP contribution < -0.4 is 0 Å². The van der Waals surface area contributed by atoms with Crippen molar-refractivity contribution in [2.24, 2.45) is 0 Å². The van der Waals surface area contributed by atoms with Gasteiger partial charge >= 0.3 is 15.9 Å². The van der Waals surface area contributed by atoms with E-state index >= 15 is 0 Å². The van der Waals surface area contributed by atoms with Gasteiger partial charge in [0.15, 0.2) is 0 Å². The van der Waals surface area contributed by atoms with E-state index < -0.39 is 17.7 Å². The van der Waals surface area contributed by atoms with E-state index in [4.69, 9.17) is 9.02 Å². The predicted octanol–water partition coefficient (Wildman–Crippen LogP) is 2.84. The van der Waals surface area contributed by atoms with Crippen molar-refractivity contribution >= 4 is 50.2 Å². The van der Waals surface area contributed by atoms with E-state index in [0.717, 1.165) is 17.0 Å². The Kier molecular flexibility index (Phi) is 6.20. The largest absolute Gasteiger partial charge is 0.466 e. The van der Waals surface area contributed by atoms with Crippen molar-refractivity contribution in [3.8, 4) is 0 Å². The predicted molar refractivity (Wildman–Crippen MR) is 86.3 cm³/mol. The molecule has 1 aliphatic heterocycles. The Morgan fingerprint density at radius 2 is 2.10 bits per heavy atom. The number of methoxy groups -OCH3 is 1. The van der Waals surface area contributed by atoms with E-state index in [9.17, 15) is 9.59 Å². The minimum atomic E-state index is -0.610. The number of ether oxygens (including phenoxy) is 2. The third-order valence-corrected chi connectivity index (χ3v) is 4.67. The molecule has 1 aliphatic rings. The fraction of sp³-hybridized carbons (Fsp3) is 0.636. The zero-order valence-electron chi connectivity index (χ0n) is 11.8. The van der Waals surface area contributed by atoms with E-state index in [0.29, 0.717) is 5.57 Å². The van der Waals surface area contributed by atoms with Crippen molar-refractivity contribution in [2.75, 3.05) is 13.7 Å². The van der Waals surface area contributed by atoms with Gasteiger partial charge in [-0.2, -0.15) is 5.06 Å². The molecule has 0 aliphatic carbocycles. The molecule has 0 aromatic carbocycles. The van der Waals surface area contributed by atoms with Crippen LogP contribution >= 0.6 is 34.3 Å². The Labute approximate surface area is 136 Å². The summed E-state index contributed by atoms with van der Waals surface area (Å²) >= 11 is 3.22. The maximum atomic E-state index is 11.9. The summed E-state index contributed by atoms with van der Waals surface area (Å²) in [5, 5.41) is 1.10. The first-order valence-corrected chi connectivity index (χ1v) is 7.96. The monoisotopic (exact) mass is 413 g/mol. The van der Waals surface area contributed by atoms with E-state index in [1.165, 1.54) is 7.11 Å². The average molecular weight is 413 g/mol. The lowest BCUT2D eigenvalue weighted by Gasteiger charge is -2.33. The maximum Gasteiger partial charge on any atom is 0.435 e. The Morgan fingerprint density at radius 1 is 1.50 bits per heavy atom. The zero-order chi connectivity index (χ0) is 15.5. The van der Waals surface area contributed by atoms with Gasteiger partial charge in [-0.05, 0) is 32.7 Å². The molecule has 1 heterocycles. The standard InChI is InChI=1S/C11H17BINO5S/c1-7(9(15)17-5)8-6-14(19-20-12(8)13)10(16)18-11(2,3)4/h8H,1,6H2,2-5H3. The number of hydrogen-bond acceptors (Lipinski definition) is 6. The van der Waals surface area contributed by atoms with Crippen LogP contribution in [0.5, 0.6) is 0 Å². The highest BCUT2D eigenvalue weighted by Gasteiger charge is 2.40. The molecule has 0 radical (unpaired) electrons. The van der Waals surface area contributed by atoms with Crippen LogP contribution in [-0.4, -0.2) is 40.2 Å². The summed E-state index contributed by atoms with van der Waals surface area (Å²) in [6.45, 7) is 9.25. The molecule has 1 atom stereocenters. The molecule has 0 aromatic rings. The summed E-state index contributed by atoms with van der Waals surface area (Å²) in [6, 6.07) is 0. The van der Waals surface area contributed by atoms with Gasteiger partial charge in [-0.25, -0.2) is 13.9 Å². The van der Waals surface area contributed by atoms with E-state index in [1.54, 1.807) is 20.8 Å². The lowest BCUT2D eigenvalue weighted by Crippen LogP contribution is -2.43. The van der Waals surface area contributed by atoms with Crippen molar-refractivity contribution in [3.05, 3.63) is 12.2 Å². The number of esters is 1. The van der Waals surface area contributed by atoms with Gasteiger partial charge in [-0.15, -0.1) is 22.4 Å². The first-order chi connectivity index (χ1) is 9.15. The molecule has 0 N–H and O–H groups in total. The topological polar surface area (TPSA) is 65.1 Å². The number of hydroxylamine groups is 2. The second-order valence-electron chi connectivity index (χ2n) is 5.19. The van der Waals surface area contributed by atoms with Gasteiger partial charge < -0.3 is 9.47 Å². The highest BCUT2D eigenvalue weighted by molar-refractivity contribution is 14.1. The van der Waals surface area contributed by atoms with Crippen LogP contribution in [0.1, 0.15) is 20.8 Å². The molecule has 1 unspecified atom stereocenters. The number of carbonyl (C=O) groups is 2. The van der Waals surface area contributed by atoms with E-state index in [-0.39, 0.29) is 16.2 Å². The van der Waals surface area contributed by atoms with E-state index in [2.05, 4.69) is 33.7 Å². The first-order valence-electron chi connectivity index (χ1n) is 5.91. The maximum absolute atomic E-state index is 11.9. The summed E-state index contributed by atoms with van der Waals surface area (Å²) in [6.07, 6.45) is -0.587. The fourth-order valence-corrected chi connectivity index (χ4v) is 3.05. The molecular weight excluding hydrogens is 396 g/mol. The first kappa shape index (κ1) is 17.6. The molecule has 20 heavy (non-hydrogen) atoms. The zero-order valence-corrected chi connectivity index (χ0v) is 14.8. The molecule has 1 fully saturated rings. The van der Waals surface area contributed by atoms with Crippen molar-refractivity contribution < 1.29 is 23.3 Å². The van der Waals surface area contributed by atoms with Gasteiger partial charge in [0.25, 0.3) is 0 Å². The lowest BCUT2D eigenvalue weighted by atomic mass is 9.79. The third-order valence-electron chi connectivity index (χ3n) is 2.40. The van der Waals surface area contributed by atoms with Crippen molar-refractivity contribution in [1.29, 1.82) is 0 Å². The molecule has 9 heteroatoms. The van der Waals surface area contributed by atoms with Crippen LogP contribution in [0.15, 0.2) is 12.2 Å². The second-order valence-corrected chi connectivity index (χ2v) is 8.22. The molecule has 0 saturated carbocycles. The SMILES string of the molecule is C=C(C(=O)OC)C1CN(C(=O)OC(C)(C)C)OSB1I. The molecule has 1 amide bonds. The molecule has 1 saturated heterocycles. The van der Waals surface area contributed by atoms with Crippen molar-refractivity contribution in [2.45, 2.75) is 32.2 Å². The number of rotatable bonds is 2. The molecule has 6 nitrogen and oxygen atoms in total. The smallest absolute Gasteiger partial charge is 0.435 e. The lowest BCUT2D eigenvalue weighted by molar-refractivity contribution is -0.136. The van der Waals surface area contributed by atoms with Crippen LogP contribution in [0, 0.1) is 0 Å². The minimum Gasteiger partial charge on any atom is -0.466 e. The van der Waals surface area contributed by atoms with Crippen LogP contribution in [-0.2, 0) is 18.6 Å². The Balaban J connectivity index is 2.73. The molecule has 112 valence electrons. The number of hydrogen-bond donors (Lipinski definition) is 0. The van der Waals surface area contributed by atoms with Crippen molar-refractivity contribution in [3.63, 3.8) is 0 Å². The van der Waals surface area contributed by atoms with Crippen LogP contribution in [0.25, 0.3) is 0 Å². The van der Waals surface area contributed by atoms with Crippen LogP contribution in [0.3, 0.4) is 0 Å². The Bertz CT molecular complexity index is 414. The van der Waals surface area contributed by atoms with Gasteiger partial charge in [0.1, 0.15) is 5.60 Å². The molecule has 0 spiro atoms.